The summed E-state index contributed by atoms with van der Waals surface area (Å²) >= 11 is 0. The van der Waals surface area contributed by atoms with Gasteiger partial charge in [-0.25, -0.2) is 0 Å². The fourth-order valence-electron chi connectivity index (χ4n) is 3.14. The first-order valence-corrected chi connectivity index (χ1v) is 8.17. The Bertz CT molecular complexity index is 751. The second kappa shape index (κ2) is 6.96. The van der Waals surface area contributed by atoms with Gasteiger partial charge in [0.1, 0.15) is 0 Å². The second-order valence-corrected chi connectivity index (χ2v) is 5.95. The van der Waals surface area contributed by atoms with Gasteiger partial charge in [0.05, 0.1) is 12.5 Å². The molecule has 0 radical (unpaired) electrons. The van der Waals surface area contributed by atoms with E-state index in [1.165, 1.54) is 0 Å². The lowest BCUT2D eigenvalue weighted by atomic mass is 10.1. The summed E-state index contributed by atoms with van der Waals surface area (Å²) in [6.45, 7) is 4.00. The maximum atomic E-state index is 12.5. The number of pyridine rings is 1. The Hall–Kier alpha value is -2.14. The third-order valence-electron chi connectivity index (χ3n) is 4.31. The Morgan fingerprint density at radius 2 is 2.22 bits per heavy atom. The Morgan fingerprint density at radius 3 is 3.04 bits per heavy atom. The maximum absolute atomic E-state index is 12.5. The van der Waals surface area contributed by atoms with Crippen LogP contribution in [0.15, 0.2) is 35.1 Å². The maximum Gasteiger partial charge on any atom is 0.252 e. The Labute approximate surface area is 135 Å². The number of nitrogens with one attached hydrogen (secondary N) is 1. The molecule has 5 heteroatoms. The molecule has 0 bridgehead atoms. The summed E-state index contributed by atoms with van der Waals surface area (Å²) in [7, 11) is 0. The van der Waals surface area contributed by atoms with E-state index in [1.54, 1.807) is 0 Å². The minimum absolute atomic E-state index is 0.00446. The highest BCUT2D eigenvalue weighted by molar-refractivity contribution is 5.82. The normalized spacial score (nSPS) is 18.3. The van der Waals surface area contributed by atoms with Crippen LogP contribution >= 0.6 is 0 Å². The number of carbonyl (C=O) groups is 1. The highest BCUT2D eigenvalue weighted by Gasteiger charge is 2.24. The van der Waals surface area contributed by atoms with E-state index in [0.29, 0.717) is 18.7 Å². The van der Waals surface area contributed by atoms with Gasteiger partial charge in [-0.1, -0.05) is 18.2 Å². The van der Waals surface area contributed by atoms with Crippen LogP contribution in [0.5, 0.6) is 0 Å². The number of likely N-dealkylation sites (tertiary alicyclic amines) is 1. The summed E-state index contributed by atoms with van der Waals surface area (Å²) in [4.78, 5) is 29.4. The van der Waals surface area contributed by atoms with Gasteiger partial charge in [-0.05, 0) is 37.3 Å². The molecule has 2 aromatic rings. The average Bonchev–Trinajstić information content (AvgIpc) is 2.56. The molecule has 1 aliphatic rings. The molecule has 0 saturated carbocycles. The first-order valence-electron chi connectivity index (χ1n) is 8.17. The zero-order chi connectivity index (χ0) is 16.2. The molecule has 1 N–H and O–H groups in total. The van der Waals surface area contributed by atoms with Crippen LogP contribution in [0.3, 0.4) is 0 Å². The topological polar surface area (TPSA) is 62.4 Å². The molecule has 2 heterocycles. The first-order chi connectivity index (χ1) is 11.2. The SMILES string of the molecule is CCO[C@H]1CCCN(C(=O)Cc2cc3ccccc3[nH]c2=O)C1. The molecule has 1 aromatic carbocycles. The summed E-state index contributed by atoms with van der Waals surface area (Å²) < 4.78 is 5.63. The second-order valence-electron chi connectivity index (χ2n) is 5.95. The Balaban J connectivity index is 1.74. The predicted octanol–water partition coefficient (Wildman–Crippen LogP) is 2.10. The molecule has 1 aromatic heterocycles. The van der Waals surface area contributed by atoms with Crippen molar-refractivity contribution in [3.05, 3.63) is 46.2 Å². The van der Waals surface area contributed by atoms with E-state index in [2.05, 4.69) is 4.98 Å². The number of fused-ring (bicyclic) bond motifs is 1. The number of H-pyrrole nitrogens is 1. The summed E-state index contributed by atoms with van der Waals surface area (Å²) in [6.07, 6.45) is 2.20. The molecule has 0 unspecified atom stereocenters. The number of piperidine rings is 1. The molecule has 1 saturated heterocycles. The van der Waals surface area contributed by atoms with E-state index >= 15 is 0 Å². The van der Waals surface area contributed by atoms with Gasteiger partial charge < -0.3 is 14.6 Å². The minimum atomic E-state index is -0.185. The number of benzene rings is 1. The number of nitrogens with zero attached hydrogens (tertiary/aromatic N) is 1. The van der Waals surface area contributed by atoms with Crippen LogP contribution in [-0.2, 0) is 16.0 Å². The van der Waals surface area contributed by atoms with Gasteiger partial charge in [-0.3, -0.25) is 9.59 Å². The van der Waals surface area contributed by atoms with Crippen LogP contribution in [-0.4, -0.2) is 41.6 Å². The highest BCUT2D eigenvalue weighted by atomic mass is 16.5. The number of amides is 1. The molecule has 1 fully saturated rings. The zero-order valence-corrected chi connectivity index (χ0v) is 13.4. The Kier molecular flexibility index (Phi) is 4.76. The molecule has 1 amide bonds. The molecule has 0 aliphatic carbocycles. The van der Waals surface area contributed by atoms with Crippen molar-refractivity contribution in [3.8, 4) is 0 Å². The van der Waals surface area contributed by atoms with Crippen LogP contribution in [0.2, 0.25) is 0 Å². The molecule has 1 aliphatic heterocycles. The van der Waals surface area contributed by atoms with E-state index in [9.17, 15) is 9.59 Å². The van der Waals surface area contributed by atoms with Crippen molar-refractivity contribution >= 4 is 16.8 Å². The van der Waals surface area contributed by atoms with E-state index in [-0.39, 0.29) is 24.0 Å². The molecule has 3 rings (SSSR count). The predicted molar refractivity (Wildman–Crippen MR) is 89.5 cm³/mol. The van der Waals surface area contributed by atoms with Crippen molar-refractivity contribution in [2.45, 2.75) is 32.3 Å². The van der Waals surface area contributed by atoms with Gasteiger partial charge in [0.25, 0.3) is 5.56 Å². The first kappa shape index (κ1) is 15.7. The number of hydrogen-bond acceptors (Lipinski definition) is 3. The van der Waals surface area contributed by atoms with Crippen molar-refractivity contribution in [2.24, 2.45) is 0 Å². The van der Waals surface area contributed by atoms with Crippen molar-refractivity contribution in [2.75, 3.05) is 19.7 Å². The van der Waals surface area contributed by atoms with Crippen LogP contribution in [0.25, 0.3) is 10.9 Å². The van der Waals surface area contributed by atoms with Crippen LogP contribution < -0.4 is 5.56 Å². The van der Waals surface area contributed by atoms with Gasteiger partial charge in [0.2, 0.25) is 5.91 Å². The van der Waals surface area contributed by atoms with Crippen LogP contribution in [0, 0.1) is 0 Å². The van der Waals surface area contributed by atoms with E-state index in [1.807, 2.05) is 42.2 Å². The number of aromatic amines is 1. The van der Waals surface area contributed by atoms with E-state index < -0.39 is 0 Å². The van der Waals surface area contributed by atoms with Crippen molar-refractivity contribution in [1.29, 1.82) is 0 Å². The van der Waals surface area contributed by atoms with Gasteiger partial charge in [-0.2, -0.15) is 0 Å². The van der Waals surface area contributed by atoms with Crippen LogP contribution in [0.4, 0.5) is 0 Å². The smallest absolute Gasteiger partial charge is 0.252 e. The fourth-order valence-corrected chi connectivity index (χ4v) is 3.14. The quantitative estimate of drug-likeness (QED) is 0.940. The summed E-state index contributed by atoms with van der Waals surface area (Å²) in [5.41, 5.74) is 1.13. The van der Waals surface area contributed by atoms with Crippen molar-refractivity contribution in [1.82, 2.24) is 9.88 Å². The largest absolute Gasteiger partial charge is 0.377 e. The van der Waals surface area contributed by atoms with Gasteiger partial charge in [0.15, 0.2) is 0 Å². The number of para-hydroxylation sites is 1. The number of hydrogen-bond donors (Lipinski definition) is 1. The van der Waals surface area contributed by atoms with Crippen molar-refractivity contribution in [3.63, 3.8) is 0 Å². The lowest BCUT2D eigenvalue weighted by Gasteiger charge is -2.32. The number of ether oxygens (including phenoxy) is 1. The minimum Gasteiger partial charge on any atom is -0.377 e. The number of carbonyl (C=O) groups excluding carboxylic acids is 1. The van der Waals surface area contributed by atoms with E-state index in [0.717, 1.165) is 30.3 Å². The third-order valence-corrected chi connectivity index (χ3v) is 4.31. The summed E-state index contributed by atoms with van der Waals surface area (Å²) in [5, 5.41) is 0.945. The molecule has 122 valence electrons. The van der Waals surface area contributed by atoms with Crippen LogP contribution in [0.1, 0.15) is 25.3 Å². The lowest BCUT2D eigenvalue weighted by Crippen LogP contribution is -2.44. The molecule has 5 nitrogen and oxygen atoms in total. The Morgan fingerprint density at radius 1 is 1.39 bits per heavy atom. The van der Waals surface area contributed by atoms with Gasteiger partial charge in [0, 0.05) is 30.8 Å². The molecule has 1 atom stereocenters. The molecule has 23 heavy (non-hydrogen) atoms. The fraction of sp³-hybridized carbons (Fsp3) is 0.444. The summed E-state index contributed by atoms with van der Waals surface area (Å²) in [6, 6.07) is 9.41. The van der Waals surface area contributed by atoms with Gasteiger partial charge in [-0.15, -0.1) is 0 Å². The highest BCUT2D eigenvalue weighted by Crippen LogP contribution is 2.15. The van der Waals surface area contributed by atoms with Crippen molar-refractivity contribution < 1.29 is 9.53 Å². The molecular formula is C18H22N2O3. The number of rotatable bonds is 4. The molecule has 0 spiro atoms. The van der Waals surface area contributed by atoms with E-state index in [4.69, 9.17) is 4.74 Å². The average molecular weight is 314 g/mol. The summed E-state index contributed by atoms with van der Waals surface area (Å²) in [5.74, 6) is -0.00446. The zero-order valence-electron chi connectivity index (χ0n) is 13.4. The standard InChI is InChI=1S/C18H22N2O3/c1-2-23-15-7-5-9-20(12-15)17(21)11-14-10-13-6-3-4-8-16(13)19-18(14)22/h3-4,6,8,10,15H,2,5,7,9,11-12H2,1H3,(H,19,22)/t15-/m0/s1. The monoisotopic (exact) mass is 314 g/mol. The molecular weight excluding hydrogens is 292 g/mol. The van der Waals surface area contributed by atoms with Gasteiger partial charge >= 0.3 is 0 Å². The number of aromatic nitrogens is 1. The third kappa shape index (κ3) is 3.62. The lowest BCUT2D eigenvalue weighted by molar-refractivity contribution is -0.134.